The molecule has 4 unspecified atom stereocenters. The summed E-state index contributed by atoms with van der Waals surface area (Å²) >= 11 is 0. The van der Waals surface area contributed by atoms with Gasteiger partial charge in [0.05, 0.1) is 49.1 Å². The molecular weight excluding hydrogens is 504 g/mol. The van der Waals surface area contributed by atoms with E-state index in [0.717, 1.165) is 64.2 Å². The third kappa shape index (κ3) is 4.47. The number of methoxy groups -OCH3 is 2. The molecule has 0 aliphatic heterocycles. The topological polar surface area (TPSA) is 114 Å². The maximum atomic E-state index is 13.2. The quantitative estimate of drug-likeness (QED) is 0.230. The van der Waals surface area contributed by atoms with Crippen molar-refractivity contribution in [2.75, 3.05) is 40.6 Å². The summed E-state index contributed by atoms with van der Waals surface area (Å²) in [5.41, 5.74) is -2.25. The molecule has 9 heteroatoms. The maximum Gasteiger partial charge on any atom is 0.312 e. The molecule has 8 aliphatic rings. The van der Waals surface area contributed by atoms with Gasteiger partial charge in [0.2, 0.25) is 0 Å². The van der Waals surface area contributed by atoms with Gasteiger partial charge in [0.15, 0.2) is 0 Å². The van der Waals surface area contributed by atoms with Crippen molar-refractivity contribution in [3.8, 4) is 0 Å². The Morgan fingerprint density at radius 1 is 0.513 bits per heavy atom. The zero-order chi connectivity index (χ0) is 27.5. The summed E-state index contributed by atoms with van der Waals surface area (Å²) < 4.78 is 27.2. The highest BCUT2D eigenvalue weighted by Crippen LogP contribution is 2.67. The van der Waals surface area contributed by atoms with Gasteiger partial charge in [-0.3, -0.25) is 19.2 Å². The molecule has 4 atom stereocenters. The van der Waals surface area contributed by atoms with Crippen LogP contribution in [0.2, 0.25) is 0 Å². The molecule has 8 fully saturated rings. The Hall–Kier alpha value is -2.16. The molecular formula is C30H42O9. The molecule has 8 bridgehead atoms. The van der Waals surface area contributed by atoms with Gasteiger partial charge >= 0.3 is 23.9 Å². The highest BCUT2D eigenvalue weighted by Gasteiger charge is 2.65. The fourth-order valence-corrected chi connectivity index (χ4v) is 10.7. The average molecular weight is 547 g/mol. The normalized spacial score (nSPS) is 42.7. The number of hydrogen-bond acceptors (Lipinski definition) is 9. The van der Waals surface area contributed by atoms with E-state index >= 15 is 0 Å². The molecule has 8 aliphatic carbocycles. The molecule has 0 aromatic heterocycles. The second kappa shape index (κ2) is 9.74. The summed E-state index contributed by atoms with van der Waals surface area (Å²) in [7, 11) is 2.87. The van der Waals surface area contributed by atoms with E-state index in [1.807, 2.05) is 0 Å². The minimum Gasteiger partial charge on any atom is -0.469 e. The molecule has 8 saturated carbocycles. The van der Waals surface area contributed by atoms with Gasteiger partial charge in [-0.15, -0.1) is 0 Å². The molecule has 0 amide bonds. The third-order valence-corrected chi connectivity index (χ3v) is 11.1. The van der Waals surface area contributed by atoms with Crippen LogP contribution in [-0.4, -0.2) is 64.5 Å². The predicted octanol–water partition coefficient (Wildman–Crippen LogP) is 3.61. The van der Waals surface area contributed by atoms with E-state index in [2.05, 4.69) is 0 Å². The summed E-state index contributed by atoms with van der Waals surface area (Å²) in [5.74, 6) is 0.699. The van der Waals surface area contributed by atoms with E-state index < -0.39 is 21.7 Å². The van der Waals surface area contributed by atoms with E-state index in [1.54, 1.807) is 0 Å². The van der Waals surface area contributed by atoms with Crippen LogP contribution in [0.3, 0.4) is 0 Å². The Kier molecular flexibility index (Phi) is 6.75. The Labute approximate surface area is 230 Å². The van der Waals surface area contributed by atoms with Crippen LogP contribution in [-0.2, 0) is 42.9 Å². The monoisotopic (exact) mass is 546 g/mol. The Bertz CT molecular complexity index is 925. The zero-order valence-corrected chi connectivity index (χ0v) is 23.3. The summed E-state index contributed by atoms with van der Waals surface area (Å²) in [4.78, 5) is 51.6. The second-order valence-corrected chi connectivity index (χ2v) is 13.9. The van der Waals surface area contributed by atoms with Gasteiger partial charge in [0.25, 0.3) is 0 Å². The molecule has 0 aromatic carbocycles. The summed E-state index contributed by atoms with van der Waals surface area (Å²) in [6.45, 7) is 0.693. The van der Waals surface area contributed by atoms with Crippen LogP contribution < -0.4 is 0 Å². The summed E-state index contributed by atoms with van der Waals surface area (Å²) in [6.07, 6.45) is 9.65. The van der Waals surface area contributed by atoms with Crippen LogP contribution in [0, 0.1) is 45.3 Å². The number of ether oxygens (including phenoxy) is 5. The lowest BCUT2D eigenvalue weighted by Gasteiger charge is -2.59. The van der Waals surface area contributed by atoms with Crippen LogP contribution in [0.25, 0.3) is 0 Å². The molecule has 0 heterocycles. The van der Waals surface area contributed by atoms with Crippen LogP contribution in [0.1, 0.15) is 77.0 Å². The van der Waals surface area contributed by atoms with E-state index in [0.29, 0.717) is 36.5 Å². The number of carbonyl (C=O) groups excluding carboxylic acids is 4. The molecule has 0 spiro atoms. The van der Waals surface area contributed by atoms with Gasteiger partial charge < -0.3 is 23.7 Å². The fraction of sp³-hybridized carbons (Fsp3) is 0.867. The van der Waals surface area contributed by atoms with Crippen molar-refractivity contribution in [1.82, 2.24) is 0 Å². The molecule has 216 valence electrons. The number of carbonyl (C=O) groups is 4. The molecule has 39 heavy (non-hydrogen) atoms. The largest absolute Gasteiger partial charge is 0.469 e. The highest BCUT2D eigenvalue weighted by molar-refractivity contribution is 5.83. The van der Waals surface area contributed by atoms with Crippen molar-refractivity contribution in [3.05, 3.63) is 0 Å². The van der Waals surface area contributed by atoms with E-state index in [9.17, 15) is 19.2 Å². The molecule has 0 aromatic rings. The minimum absolute atomic E-state index is 0.129. The maximum absolute atomic E-state index is 13.2. The number of rotatable bonds is 10. The van der Waals surface area contributed by atoms with Crippen molar-refractivity contribution in [1.29, 1.82) is 0 Å². The molecule has 0 radical (unpaired) electrons. The van der Waals surface area contributed by atoms with Crippen molar-refractivity contribution in [2.45, 2.75) is 77.0 Å². The Morgan fingerprint density at radius 3 is 1.13 bits per heavy atom. The van der Waals surface area contributed by atoms with Crippen molar-refractivity contribution >= 4 is 23.9 Å². The SMILES string of the molecule is COC(=O)C12CC3CC(C1)CC(C(=O)OCCOCCOC(=O)[C@]14CC5CC(C[C@](C(=O)OC)(C5)C1)C4)(C3)C2. The summed E-state index contributed by atoms with van der Waals surface area (Å²) in [5, 5.41) is 0. The first-order chi connectivity index (χ1) is 18.7. The molecule has 9 nitrogen and oxygen atoms in total. The third-order valence-electron chi connectivity index (χ3n) is 11.1. The standard InChI is InChI=1S/C30H42O9/c1-35-23(31)27-9-19-7-20(10-27)14-29(13-19,17-27)25(33)38-5-3-37-4-6-39-26(34)30-15-21-8-22(16-30)12-28(11-21,18-30)24(32)36-2/h19-22H,3-18H2,1-2H3/t19?,20?,21?,22?,27-,28?,29+,30?. The second-order valence-electron chi connectivity index (χ2n) is 13.9. The van der Waals surface area contributed by atoms with Crippen molar-refractivity contribution in [3.63, 3.8) is 0 Å². The van der Waals surface area contributed by atoms with E-state index in [4.69, 9.17) is 23.7 Å². The molecule has 8 rings (SSSR count). The van der Waals surface area contributed by atoms with Crippen LogP contribution in [0.15, 0.2) is 0 Å². The van der Waals surface area contributed by atoms with Gasteiger partial charge in [-0.1, -0.05) is 0 Å². The first kappa shape index (κ1) is 27.0. The van der Waals surface area contributed by atoms with Gasteiger partial charge in [0.1, 0.15) is 13.2 Å². The fourth-order valence-electron chi connectivity index (χ4n) is 10.7. The van der Waals surface area contributed by atoms with Crippen molar-refractivity contribution in [2.24, 2.45) is 45.3 Å². The lowest BCUT2D eigenvalue weighted by atomic mass is 9.44. The van der Waals surface area contributed by atoms with E-state index in [-0.39, 0.29) is 50.3 Å². The van der Waals surface area contributed by atoms with Crippen molar-refractivity contribution < 1.29 is 42.9 Å². The predicted molar refractivity (Wildman–Crippen MR) is 136 cm³/mol. The summed E-state index contributed by atoms with van der Waals surface area (Å²) in [6, 6.07) is 0. The highest BCUT2D eigenvalue weighted by atomic mass is 16.6. The molecule has 0 saturated heterocycles. The van der Waals surface area contributed by atoms with E-state index in [1.165, 1.54) is 14.2 Å². The van der Waals surface area contributed by atoms with Gasteiger partial charge in [-0.2, -0.15) is 0 Å². The smallest absolute Gasteiger partial charge is 0.312 e. The van der Waals surface area contributed by atoms with Gasteiger partial charge in [0, 0.05) is 0 Å². The van der Waals surface area contributed by atoms with Gasteiger partial charge in [-0.25, -0.2) is 0 Å². The number of esters is 4. The molecule has 0 N–H and O–H groups in total. The average Bonchev–Trinajstić information content (AvgIpc) is 2.89. The van der Waals surface area contributed by atoms with Crippen LogP contribution in [0.5, 0.6) is 0 Å². The number of hydrogen-bond donors (Lipinski definition) is 0. The van der Waals surface area contributed by atoms with Gasteiger partial charge in [-0.05, 0) is 101 Å². The zero-order valence-electron chi connectivity index (χ0n) is 23.3. The Morgan fingerprint density at radius 2 is 0.821 bits per heavy atom. The Balaban J connectivity index is 0.943. The van der Waals surface area contributed by atoms with Crippen LogP contribution in [0.4, 0.5) is 0 Å². The van der Waals surface area contributed by atoms with Crippen LogP contribution >= 0.6 is 0 Å². The minimum atomic E-state index is -0.590. The first-order valence-electron chi connectivity index (χ1n) is 14.7. The lowest BCUT2D eigenvalue weighted by Crippen LogP contribution is -2.58. The first-order valence-corrected chi connectivity index (χ1v) is 14.7. The lowest BCUT2D eigenvalue weighted by molar-refractivity contribution is -0.193.